The molecule has 134 valence electrons. The van der Waals surface area contributed by atoms with E-state index < -0.39 is 0 Å². The molecule has 7 nitrogen and oxygen atoms in total. The highest BCUT2D eigenvalue weighted by Crippen LogP contribution is 2.25. The second kappa shape index (κ2) is 7.17. The zero-order valence-corrected chi connectivity index (χ0v) is 15.3. The lowest BCUT2D eigenvalue weighted by Gasteiger charge is -2.18. The molecular formula is C18H20N6OS. The molecule has 1 amide bonds. The number of allylic oxidation sites excluding steroid dienone is 1. The SMILES string of the molecule is CC1=CNCN1CCCNC(=O)c1ccnc2nc(-c3cccs3)[nH]c12. The number of H-pyrrole nitrogens is 1. The van der Waals surface area contributed by atoms with Gasteiger partial charge in [0.25, 0.3) is 5.91 Å². The van der Waals surface area contributed by atoms with E-state index in [0.29, 0.717) is 23.3 Å². The summed E-state index contributed by atoms with van der Waals surface area (Å²) < 4.78 is 0. The maximum atomic E-state index is 12.6. The van der Waals surface area contributed by atoms with Crippen molar-refractivity contribution in [2.24, 2.45) is 0 Å². The average Bonchev–Trinajstić information content (AvgIpc) is 3.38. The molecule has 0 radical (unpaired) electrons. The lowest BCUT2D eigenvalue weighted by atomic mass is 10.2. The summed E-state index contributed by atoms with van der Waals surface area (Å²) in [6.45, 7) is 4.45. The lowest BCUT2D eigenvalue weighted by molar-refractivity contribution is 0.0953. The van der Waals surface area contributed by atoms with Crippen LogP contribution in [0.5, 0.6) is 0 Å². The molecule has 0 unspecified atom stereocenters. The van der Waals surface area contributed by atoms with E-state index in [2.05, 4.69) is 37.4 Å². The van der Waals surface area contributed by atoms with E-state index in [1.54, 1.807) is 23.6 Å². The Morgan fingerprint density at radius 1 is 1.42 bits per heavy atom. The molecule has 1 aliphatic rings. The van der Waals surface area contributed by atoms with Crippen molar-refractivity contribution in [2.45, 2.75) is 13.3 Å². The lowest BCUT2D eigenvalue weighted by Crippen LogP contribution is -2.29. The van der Waals surface area contributed by atoms with E-state index >= 15 is 0 Å². The molecule has 0 aromatic carbocycles. The van der Waals surface area contributed by atoms with Crippen molar-refractivity contribution < 1.29 is 4.79 Å². The van der Waals surface area contributed by atoms with Crippen molar-refractivity contribution in [1.82, 2.24) is 30.5 Å². The maximum absolute atomic E-state index is 12.6. The molecule has 26 heavy (non-hydrogen) atoms. The Bertz CT molecular complexity index is 946. The van der Waals surface area contributed by atoms with Crippen molar-refractivity contribution in [3.63, 3.8) is 0 Å². The summed E-state index contributed by atoms with van der Waals surface area (Å²) in [5.41, 5.74) is 3.04. The van der Waals surface area contributed by atoms with Gasteiger partial charge in [-0.3, -0.25) is 4.79 Å². The number of hydrogen-bond acceptors (Lipinski definition) is 6. The minimum absolute atomic E-state index is 0.106. The first kappa shape index (κ1) is 16.6. The zero-order chi connectivity index (χ0) is 17.9. The van der Waals surface area contributed by atoms with Gasteiger partial charge in [-0.2, -0.15) is 0 Å². The molecule has 0 spiro atoms. The molecule has 0 saturated carbocycles. The zero-order valence-electron chi connectivity index (χ0n) is 14.5. The van der Waals surface area contributed by atoms with Crippen LogP contribution in [0.2, 0.25) is 0 Å². The Kier molecular flexibility index (Phi) is 4.57. The van der Waals surface area contributed by atoms with E-state index in [1.807, 2.05) is 23.7 Å². The van der Waals surface area contributed by atoms with Crippen LogP contribution in [0.3, 0.4) is 0 Å². The van der Waals surface area contributed by atoms with Crippen LogP contribution >= 0.6 is 11.3 Å². The minimum Gasteiger partial charge on any atom is -0.372 e. The van der Waals surface area contributed by atoms with E-state index in [-0.39, 0.29) is 5.91 Å². The van der Waals surface area contributed by atoms with Crippen molar-refractivity contribution in [1.29, 1.82) is 0 Å². The van der Waals surface area contributed by atoms with Gasteiger partial charge in [0.05, 0.1) is 22.6 Å². The number of imidazole rings is 1. The summed E-state index contributed by atoms with van der Waals surface area (Å²) in [4.78, 5) is 27.9. The predicted molar refractivity (Wildman–Crippen MR) is 103 cm³/mol. The Labute approximate surface area is 155 Å². The molecule has 0 bridgehead atoms. The smallest absolute Gasteiger partial charge is 0.253 e. The quantitative estimate of drug-likeness (QED) is 0.582. The van der Waals surface area contributed by atoms with Gasteiger partial charge >= 0.3 is 0 Å². The van der Waals surface area contributed by atoms with Crippen LogP contribution in [-0.2, 0) is 0 Å². The van der Waals surface area contributed by atoms with Gasteiger partial charge in [-0.05, 0) is 30.9 Å². The van der Waals surface area contributed by atoms with Gasteiger partial charge in [0.2, 0.25) is 0 Å². The first-order valence-corrected chi connectivity index (χ1v) is 9.42. The summed E-state index contributed by atoms with van der Waals surface area (Å²) in [5.74, 6) is 0.636. The normalized spacial score (nSPS) is 13.7. The van der Waals surface area contributed by atoms with Gasteiger partial charge in [-0.15, -0.1) is 11.3 Å². The highest BCUT2D eigenvalue weighted by atomic mass is 32.1. The molecule has 1 aliphatic heterocycles. The second-order valence-corrected chi connectivity index (χ2v) is 7.09. The van der Waals surface area contributed by atoms with Gasteiger partial charge in [0.1, 0.15) is 0 Å². The van der Waals surface area contributed by atoms with Crippen LogP contribution in [0.15, 0.2) is 41.7 Å². The second-order valence-electron chi connectivity index (χ2n) is 6.14. The first-order chi connectivity index (χ1) is 12.7. The van der Waals surface area contributed by atoms with Crippen LogP contribution in [0.4, 0.5) is 0 Å². The van der Waals surface area contributed by atoms with Gasteiger partial charge in [0.15, 0.2) is 11.5 Å². The number of aromatic nitrogens is 3. The van der Waals surface area contributed by atoms with Crippen LogP contribution in [0.25, 0.3) is 21.9 Å². The average molecular weight is 368 g/mol. The topological polar surface area (TPSA) is 85.9 Å². The summed E-state index contributed by atoms with van der Waals surface area (Å²) in [5, 5.41) is 8.18. The number of hydrogen-bond donors (Lipinski definition) is 3. The van der Waals surface area contributed by atoms with Gasteiger partial charge in [-0.25, -0.2) is 9.97 Å². The van der Waals surface area contributed by atoms with Crippen molar-refractivity contribution in [2.75, 3.05) is 19.8 Å². The highest BCUT2D eigenvalue weighted by Gasteiger charge is 2.15. The summed E-state index contributed by atoms with van der Waals surface area (Å²) in [6.07, 6.45) is 4.52. The van der Waals surface area contributed by atoms with Crippen LogP contribution < -0.4 is 10.6 Å². The molecule has 0 saturated heterocycles. The fourth-order valence-corrected chi connectivity index (χ4v) is 3.64. The molecule has 3 N–H and O–H groups in total. The van der Waals surface area contributed by atoms with Crippen LogP contribution in [0, 0.1) is 0 Å². The molecule has 8 heteroatoms. The standard InChI is InChI=1S/C18H20N6OS/c1-12-10-19-11-24(12)8-3-6-21-18(25)13-5-7-20-17-15(13)22-16(23-17)14-4-2-9-26-14/h2,4-5,7,9-10,19H,3,6,8,11H2,1H3,(H,21,25)(H,20,22,23). The van der Waals surface area contributed by atoms with Crippen molar-refractivity contribution in [3.8, 4) is 10.7 Å². The highest BCUT2D eigenvalue weighted by molar-refractivity contribution is 7.13. The third kappa shape index (κ3) is 3.28. The minimum atomic E-state index is -0.106. The van der Waals surface area contributed by atoms with Crippen LogP contribution in [-0.4, -0.2) is 45.5 Å². The van der Waals surface area contributed by atoms with E-state index in [4.69, 9.17) is 0 Å². The molecule has 0 fully saturated rings. The molecule has 0 aliphatic carbocycles. The third-order valence-electron chi connectivity index (χ3n) is 4.37. The number of nitrogens with zero attached hydrogens (tertiary/aromatic N) is 3. The largest absolute Gasteiger partial charge is 0.372 e. The third-order valence-corrected chi connectivity index (χ3v) is 5.25. The van der Waals surface area contributed by atoms with E-state index in [0.717, 1.165) is 30.3 Å². The number of carbonyl (C=O) groups excluding carboxylic acids is 1. The number of fused-ring (bicyclic) bond motifs is 1. The van der Waals surface area contributed by atoms with Crippen LogP contribution in [0.1, 0.15) is 23.7 Å². The number of aromatic amines is 1. The molecule has 4 rings (SSSR count). The number of thiophene rings is 1. The fourth-order valence-electron chi connectivity index (χ4n) is 2.97. The predicted octanol–water partition coefficient (Wildman–Crippen LogP) is 2.53. The summed E-state index contributed by atoms with van der Waals surface area (Å²) in [7, 11) is 0. The number of rotatable bonds is 6. The Morgan fingerprint density at radius 2 is 2.35 bits per heavy atom. The van der Waals surface area contributed by atoms with E-state index in [9.17, 15) is 4.79 Å². The number of pyridine rings is 1. The Morgan fingerprint density at radius 3 is 3.12 bits per heavy atom. The van der Waals surface area contributed by atoms with Gasteiger partial charge < -0.3 is 20.5 Å². The van der Waals surface area contributed by atoms with Crippen molar-refractivity contribution >= 4 is 28.4 Å². The van der Waals surface area contributed by atoms with Crippen molar-refractivity contribution in [3.05, 3.63) is 47.2 Å². The summed E-state index contributed by atoms with van der Waals surface area (Å²) in [6, 6.07) is 5.69. The Balaban J connectivity index is 1.42. The number of nitrogens with one attached hydrogen (secondary N) is 3. The monoisotopic (exact) mass is 368 g/mol. The number of amides is 1. The molecule has 0 atom stereocenters. The number of carbonyl (C=O) groups is 1. The molecular weight excluding hydrogens is 348 g/mol. The van der Waals surface area contributed by atoms with Gasteiger partial charge in [-0.1, -0.05) is 6.07 Å². The first-order valence-electron chi connectivity index (χ1n) is 8.54. The Hall–Kier alpha value is -2.87. The fraction of sp³-hybridized carbons (Fsp3) is 0.278. The van der Waals surface area contributed by atoms with Gasteiger partial charge in [0, 0.05) is 31.2 Å². The molecule has 4 heterocycles. The maximum Gasteiger partial charge on any atom is 0.253 e. The van der Waals surface area contributed by atoms with E-state index in [1.165, 1.54) is 5.70 Å². The summed E-state index contributed by atoms with van der Waals surface area (Å²) >= 11 is 1.60. The molecule has 3 aromatic rings. The molecule has 3 aromatic heterocycles.